The summed E-state index contributed by atoms with van der Waals surface area (Å²) >= 11 is 0. The molecule has 2 aromatic carbocycles. The first-order valence-electron chi connectivity index (χ1n) is 5.99. The van der Waals surface area contributed by atoms with Gasteiger partial charge < -0.3 is 16.9 Å². The zero-order valence-electron chi connectivity index (χ0n) is 11.2. The molecule has 0 aliphatic carbocycles. The molecule has 0 heterocycles. The lowest BCUT2D eigenvalue weighted by Crippen LogP contribution is -3.00. The van der Waals surface area contributed by atoms with Crippen LogP contribution < -0.4 is 12.4 Å². The average molecular weight is 262 g/mol. The third-order valence-corrected chi connectivity index (χ3v) is 2.72. The highest BCUT2D eigenvalue weighted by Crippen LogP contribution is 2.19. The molecule has 0 aliphatic heterocycles. The van der Waals surface area contributed by atoms with Crippen LogP contribution >= 0.6 is 0 Å². The third kappa shape index (κ3) is 4.17. The maximum Gasteiger partial charge on any atom is 0.104 e. The summed E-state index contributed by atoms with van der Waals surface area (Å²) in [5.74, 6) is 0. The van der Waals surface area contributed by atoms with Gasteiger partial charge in [0.1, 0.15) is 6.54 Å². The molecule has 0 spiro atoms. The first-order chi connectivity index (χ1) is 8.04. The van der Waals surface area contributed by atoms with Crippen molar-refractivity contribution in [1.29, 1.82) is 0 Å². The normalized spacial score (nSPS) is 10.8. The maximum atomic E-state index is 2.23. The van der Waals surface area contributed by atoms with Crippen LogP contribution in [0.3, 0.4) is 0 Å². The fraction of sp³-hybridized carbons (Fsp3) is 0.250. The van der Waals surface area contributed by atoms with Gasteiger partial charge in [-0.05, 0) is 11.1 Å². The SMILES string of the molecule is C[N+](C)(C)Cc1ccc(-c2ccccc2)cc1.[Cl-]. The Morgan fingerprint density at radius 2 is 1.22 bits per heavy atom. The molecule has 0 N–H and O–H groups in total. The van der Waals surface area contributed by atoms with E-state index in [4.69, 9.17) is 0 Å². The van der Waals surface area contributed by atoms with Crippen molar-refractivity contribution in [3.05, 3.63) is 60.2 Å². The summed E-state index contributed by atoms with van der Waals surface area (Å²) in [5.41, 5.74) is 3.96. The van der Waals surface area contributed by atoms with Crippen LogP contribution in [0.1, 0.15) is 5.56 Å². The molecule has 0 saturated carbocycles. The fourth-order valence-electron chi connectivity index (χ4n) is 1.98. The number of halogens is 1. The van der Waals surface area contributed by atoms with Gasteiger partial charge in [-0.3, -0.25) is 0 Å². The second-order valence-electron chi connectivity index (χ2n) is 5.51. The Kier molecular flexibility index (Phi) is 4.94. The largest absolute Gasteiger partial charge is 1.00 e. The van der Waals surface area contributed by atoms with Crippen LogP contribution in [0.25, 0.3) is 11.1 Å². The standard InChI is InChI=1S/C16H20N.ClH/c1-17(2,3)13-14-9-11-16(12-10-14)15-7-5-4-6-8-15;/h4-12H,13H2,1-3H3;1H/q+1;/p-1. The van der Waals surface area contributed by atoms with Gasteiger partial charge in [0.15, 0.2) is 0 Å². The molecule has 0 atom stereocenters. The number of quaternary nitrogens is 1. The van der Waals surface area contributed by atoms with E-state index >= 15 is 0 Å². The first-order valence-corrected chi connectivity index (χ1v) is 5.99. The van der Waals surface area contributed by atoms with E-state index in [-0.39, 0.29) is 12.4 Å². The summed E-state index contributed by atoms with van der Waals surface area (Å²) in [4.78, 5) is 0. The molecule has 0 fully saturated rings. The van der Waals surface area contributed by atoms with Gasteiger partial charge in [-0.15, -0.1) is 0 Å². The highest BCUT2D eigenvalue weighted by molar-refractivity contribution is 5.63. The van der Waals surface area contributed by atoms with Gasteiger partial charge in [0.25, 0.3) is 0 Å². The molecule has 0 bridgehead atoms. The summed E-state index contributed by atoms with van der Waals surface area (Å²) < 4.78 is 0.963. The Morgan fingerprint density at radius 1 is 0.722 bits per heavy atom. The van der Waals surface area contributed by atoms with E-state index in [0.717, 1.165) is 11.0 Å². The van der Waals surface area contributed by atoms with Crippen LogP contribution in [0.4, 0.5) is 0 Å². The molecular formula is C16H20ClN. The van der Waals surface area contributed by atoms with Crippen LogP contribution in [-0.4, -0.2) is 25.6 Å². The lowest BCUT2D eigenvalue weighted by Gasteiger charge is -2.23. The Balaban J connectivity index is 0.00000162. The molecule has 18 heavy (non-hydrogen) atoms. The van der Waals surface area contributed by atoms with Crippen molar-refractivity contribution in [2.24, 2.45) is 0 Å². The molecule has 0 unspecified atom stereocenters. The van der Waals surface area contributed by atoms with Crippen LogP contribution in [0.15, 0.2) is 54.6 Å². The quantitative estimate of drug-likeness (QED) is 0.709. The molecule has 0 aliphatic rings. The second-order valence-corrected chi connectivity index (χ2v) is 5.51. The molecule has 2 heteroatoms. The lowest BCUT2D eigenvalue weighted by molar-refractivity contribution is -0.884. The fourth-order valence-corrected chi connectivity index (χ4v) is 1.98. The molecule has 0 amide bonds. The Morgan fingerprint density at radius 3 is 1.72 bits per heavy atom. The highest BCUT2D eigenvalue weighted by atomic mass is 35.5. The summed E-state index contributed by atoms with van der Waals surface area (Å²) in [7, 11) is 6.64. The molecule has 0 aromatic heterocycles. The summed E-state index contributed by atoms with van der Waals surface area (Å²) in [6.45, 7) is 1.06. The third-order valence-electron chi connectivity index (χ3n) is 2.72. The van der Waals surface area contributed by atoms with E-state index in [1.54, 1.807) is 0 Å². The van der Waals surface area contributed by atoms with E-state index in [1.165, 1.54) is 16.7 Å². The zero-order chi connectivity index (χ0) is 12.3. The molecule has 2 rings (SSSR count). The van der Waals surface area contributed by atoms with Gasteiger partial charge in [-0.25, -0.2) is 0 Å². The van der Waals surface area contributed by atoms with Gasteiger partial charge >= 0.3 is 0 Å². The van der Waals surface area contributed by atoms with E-state index < -0.39 is 0 Å². The topological polar surface area (TPSA) is 0 Å². The molecule has 0 saturated heterocycles. The van der Waals surface area contributed by atoms with Crippen molar-refractivity contribution in [1.82, 2.24) is 0 Å². The maximum absolute atomic E-state index is 2.23. The summed E-state index contributed by atoms with van der Waals surface area (Å²) in [6.07, 6.45) is 0. The second kappa shape index (κ2) is 6.03. The number of hydrogen-bond donors (Lipinski definition) is 0. The van der Waals surface area contributed by atoms with Crippen LogP contribution in [0.5, 0.6) is 0 Å². The first kappa shape index (κ1) is 14.7. The predicted molar refractivity (Wildman–Crippen MR) is 73.6 cm³/mol. The van der Waals surface area contributed by atoms with E-state index in [2.05, 4.69) is 75.7 Å². The monoisotopic (exact) mass is 261 g/mol. The van der Waals surface area contributed by atoms with Gasteiger partial charge in [0.2, 0.25) is 0 Å². The van der Waals surface area contributed by atoms with Crippen LogP contribution in [-0.2, 0) is 6.54 Å². The number of rotatable bonds is 3. The smallest absolute Gasteiger partial charge is 0.104 e. The van der Waals surface area contributed by atoms with Crippen LogP contribution in [0.2, 0.25) is 0 Å². The van der Waals surface area contributed by atoms with Gasteiger partial charge in [0, 0.05) is 5.56 Å². The van der Waals surface area contributed by atoms with Crippen molar-refractivity contribution in [2.75, 3.05) is 21.1 Å². The number of hydrogen-bond acceptors (Lipinski definition) is 0. The van der Waals surface area contributed by atoms with Crippen LogP contribution in [0, 0.1) is 0 Å². The van der Waals surface area contributed by atoms with E-state index in [1.807, 2.05) is 0 Å². The Bertz CT molecular complexity index is 469. The lowest BCUT2D eigenvalue weighted by atomic mass is 10.0. The van der Waals surface area contributed by atoms with Gasteiger partial charge in [0.05, 0.1) is 21.1 Å². The minimum absolute atomic E-state index is 0. The number of nitrogens with zero attached hydrogens (tertiary/aromatic N) is 1. The highest BCUT2D eigenvalue weighted by Gasteiger charge is 2.08. The van der Waals surface area contributed by atoms with Crippen molar-refractivity contribution >= 4 is 0 Å². The van der Waals surface area contributed by atoms with Crippen molar-refractivity contribution in [3.63, 3.8) is 0 Å². The zero-order valence-corrected chi connectivity index (χ0v) is 12.0. The summed E-state index contributed by atoms with van der Waals surface area (Å²) in [6, 6.07) is 19.4. The van der Waals surface area contributed by atoms with E-state index in [0.29, 0.717) is 0 Å². The Hall–Kier alpha value is -1.31. The predicted octanol–water partition coefficient (Wildman–Crippen LogP) is 0.564. The Labute approximate surface area is 116 Å². The molecule has 2 aromatic rings. The summed E-state index contributed by atoms with van der Waals surface area (Å²) in [5, 5.41) is 0. The van der Waals surface area contributed by atoms with Gasteiger partial charge in [-0.1, -0.05) is 54.6 Å². The van der Waals surface area contributed by atoms with Crippen molar-refractivity contribution in [3.8, 4) is 11.1 Å². The molecule has 1 nitrogen and oxygen atoms in total. The average Bonchev–Trinajstić information content (AvgIpc) is 2.29. The minimum Gasteiger partial charge on any atom is -1.00 e. The van der Waals surface area contributed by atoms with Gasteiger partial charge in [-0.2, -0.15) is 0 Å². The van der Waals surface area contributed by atoms with E-state index in [9.17, 15) is 0 Å². The molecule has 0 radical (unpaired) electrons. The number of benzene rings is 2. The minimum atomic E-state index is 0. The molecular weight excluding hydrogens is 242 g/mol. The van der Waals surface area contributed by atoms with Crippen molar-refractivity contribution < 1.29 is 16.9 Å². The molecule has 96 valence electrons. The van der Waals surface area contributed by atoms with Crippen molar-refractivity contribution in [2.45, 2.75) is 6.54 Å².